The zero-order valence-corrected chi connectivity index (χ0v) is 14.2. The van der Waals surface area contributed by atoms with E-state index in [9.17, 15) is 9.90 Å². The summed E-state index contributed by atoms with van der Waals surface area (Å²) in [4.78, 5) is 13.1. The van der Waals surface area contributed by atoms with Crippen LogP contribution in [0.1, 0.15) is 35.9 Å². The van der Waals surface area contributed by atoms with Gasteiger partial charge in [0.1, 0.15) is 5.69 Å². The number of hydrogen-bond acceptors (Lipinski definition) is 2. The van der Waals surface area contributed by atoms with Crippen molar-refractivity contribution in [2.45, 2.75) is 19.9 Å². The van der Waals surface area contributed by atoms with Crippen LogP contribution < -0.4 is 4.40 Å². The molecule has 0 saturated carbocycles. The third-order valence-corrected chi connectivity index (χ3v) is 4.48. The smallest absolute Gasteiger partial charge is 0.335 e. The van der Waals surface area contributed by atoms with Gasteiger partial charge < -0.3 is 5.11 Å². The lowest BCUT2D eigenvalue weighted by molar-refractivity contribution is -0.497. The number of hydrogen-bond donors (Lipinski definition) is 1. The van der Waals surface area contributed by atoms with Crippen LogP contribution in [0.15, 0.2) is 66.7 Å². The summed E-state index contributed by atoms with van der Waals surface area (Å²) in [7, 11) is 0. The SMILES string of the molecule is CC(C)n1c(O)c(C(=O)c2ccccc2)[n+]2c3cccccc-3cc12. The summed E-state index contributed by atoms with van der Waals surface area (Å²) in [5.74, 6) is -0.182. The van der Waals surface area contributed by atoms with Crippen molar-refractivity contribution in [2.75, 3.05) is 0 Å². The van der Waals surface area contributed by atoms with E-state index in [1.807, 2.05) is 72.8 Å². The molecule has 0 saturated heterocycles. The minimum absolute atomic E-state index is 0.00672. The van der Waals surface area contributed by atoms with Gasteiger partial charge in [-0.2, -0.15) is 8.97 Å². The van der Waals surface area contributed by atoms with Gasteiger partial charge in [-0.3, -0.25) is 4.79 Å². The summed E-state index contributed by atoms with van der Waals surface area (Å²) in [6, 6.07) is 20.9. The molecule has 0 spiro atoms. The van der Waals surface area contributed by atoms with E-state index < -0.39 is 0 Å². The Kier molecular flexibility index (Phi) is 3.53. The van der Waals surface area contributed by atoms with Gasteiger partial charge in [-0.15, -0.1) is 0 Å². The fourth-order valence-corrected chi connectivity index (χ4v) is 3.38. The Bertz CT molecular complexity index is 1050. The summed E-state index contributed by atoms with van der Waals surface area (Å²) in [6.45, 7) is 3.99. The Morgan fingerprint density at radius 2 is 1.64 bits per heavy atom. The van der Waals surface area contributed by atoms with Crippen LogP contribution in [0.2, 0.25) is 0 Å². The maximum absolute atomic E-state index is 13.1. The average Bonchev–Trinajstić information content (AvgIpc) is 2.96. The monoisotopic (exact) mass is 331 g/mol. The van der Waals surface area contributed by atoms with Crippen molar-refractivity contribution < 1.29 is 14.3 Å². The fourth-order valence-electron chi connectivity index (χ4n) is 3.38. The molecule has 1 aliphatic carbocycles. The topological polar surface area (TPSA) is 46.3 Å². The van der Waals surface area contributed by atoms with E-state index in [-0.39, 0.29) is 17.7 Å². The number of fused-ring (bicyclic) bond motifs is 3. The van der Waals surface area contributed by atoms with Gasteiger partial charge in [-0.1, -0.05) is 54.6 Å². The van der Waals surface area contributed by atoms with Crippen LogP contribution in [0, 0.1) is 0 Å². The molecule has 1 aromatic carbocycles. The first-order chi connectivity index (χ1) is 12.1. The number of benzene rings is 1. The Hall–Kier alpha value is -3.14. The fraction of sp³-hybridized carbons (Fsp3) is 0.143. The number of aromatic hydroxyl groups is 1. The van der Waals surface area contributed by atoms with E-state index in [1.165, 1.54) is 0 Å². The summed E-state index contributed by atoms with van der Waals surface area (Å²) < 4.78 is 3.66. The number of ketones is 1. The summed E-state index contributed by atoms with van der Waals surface area (Å²) in [6.07, 6.45) is 0. The molecule has 2 aliphatic rings. The Morgan fingerprint density at radius 1 is 1.00 bits per heavy atom. The van der Waals surface area contributed by atoms with Crippen LogP contribution in [0.4, 0.5) is 0 Å². The van der Waals surface area contributed by atoms with Gasteiger partial charge in [0.05, 0.1) is 6.04 Å². The van der Waals surface area contributed by atoms with Crippen molar-refractivity contribution in [1.82, 2.24) is 4.57 Å². The van der Waals surface area contributed by atoms with E-state index in [4.69, 9.17) is 0 Å². The van der Waals surface area contributed by atoms with Crippen molar-refractivity contribution >= 4 is 11.4 Å². The number of nitrogens with zero attached hydrogens (tertiary/aromatic N) is 2. The largest absolute Gasteiger partial charge is 0.475 e. The molecule has 0 atom stereocenters. The van der Waals surface area contributed by atoms with E-state index in [1.54, 1.807) is 16.7 Å². The zero-order chi connectivity index (χ0) is 17.6. The number of rotatable bonds is 3. The Morgan fingerprint density at radius 3 is 2.32 bits per heavy atom. The molecular formula is C21H19N2O2+. The third-order valence-electron chi connectivity index (χ3n) is 4.48. The summed E-state index contributed by atoms with van der Waals surface area (Å²) in [5, 5.41) is 10.8. The first-order valence-corrected chi connectivity index (χ1v) is 8.36. The molecule has 1 aliphatic heterocycles. The van der Waals surface area contributed by atoms with Crippen LogP contribution in [0.5, 0.6) is 5.88 Å². The van der Waals surface area contributed by atoms with Crippen LogP contribution in [0.3, 0.4) is 0 Å². The molecule has 1 N–H and O–H groups in total. The van der Waals surface area contributed by atoms with Gasteiger partial charge in [0, 0.05) is 17.2 Å². The van der Waals surface area contributed by atoms with Crippen molar-refractivity contribution in [2.24, 2.45) is 0 Å². The molecule has 4 nitrogen and oxygen atoms in total. The molecule has 0 unspecified atom stereocenters. The predicted molar refractivity (Wildman–Crippen MR) is 96.1 cm³/mol. The second kappa shape index (κ2) is 5.74. The van der Waals surface area contributed by atoms with E-state index in [0.29, 0.717) is 11.3 Å². The quantitative estimate of drug-likeness (QED) is 0.458. The molecule has 4 heteroatoms. The molecule has 2 heterocycles. The van der Waals surface area contributed by atoms with Gasteiger partial charge in [0.15, 0.2) is 0 Å². The second-order valence-corrected chi connectivity index (χ2v) is 6.42. The maximum Gasteiger partial charge on any atom is 0.335 e. The molecule has 1 aromatic heterocycles. The zero-order valence-electron chi connectivity index (χ0n) is 14.2. The number of carbonyl (C=O) groups is 1. The minimum Gasteiger partial charge on any atom is -0.475 e. The number of aromatic nitrogens is 2. The molecule has 2 aromatic rings. The molecule has 4 rings (SSSR count). The Balaban J connectivity index is 2.10. The van der Waals surface area contributed by atoms with Gasteiger partial charge in [0.2, 0.25) is 5.78 Å². The highest BCUT2D eigenvalue weighted by Crippen LogP contribution is 2.31. The first-order valence-electron chi connectivity index (χ1n) is 8.36. The van der Waals surface area contributed by atoms with E-state index in [0.717, 1.165) is 16.9 Å². The van der Waals surface area contributed by atoms with Crippen LogP contribution in [-0.2, 0) is 0 Å². The number of carbonyl (C=O) groups excluding carboxylic acids is 1. The molecule has 0 amide bonds. The molecule has 0 fully saturated rings. The van der Waals surface area contributed by atoms with Crippen LogP contribution in [0.25, 0.3) is 16.9 Å². The highest BCUT2D eigenvalue weighted by Gasteiger charge is 2.36. The molecule has 0 radical (unpaired) electrons. The Labute approximate surface area is 145 Å². The average molecular weight is 331 g/mol. The van der Waals surface area contributed by atoms with Crippen molar-refractivity contribution in [3.05, 3.63) is 78.0 Å². The minimum atomic E-state index is -0.188. The molecular weight excluding hydrogens is 312 g/mol. The van der Waals surface area contributed by atoms with Gasteiger partial charge in [-0.25, -0.2) is 0 Å². The molecule has 25 heavy (non-hydrogen) atoms. The maximum atomic E-state index is 13.1. The van der Waals surface area contributed by atoms with Gasteiger partial charge in [0.25, 0.3) is 11.3 Å². The lowest BCUT2D eigenvalue weighted by Gasteiger charge is -2.02. The second-order valence-electron chi connectivity index (χ2n) is 6.42. The highest BCUT2D eigenvalue weighted by molar-refractivity contribution is 6.08. The third kappa shape index (κ3) is 2.30. The van der Waals surface area contributed by atoms with Crippen molar-refractivity contribution in [3.63, 3.8) is 0 Å². The lowest BCUT2D eigenvalue weighted by Crippen LogP contribution is -2.28. The predicted octanol–water partition coefficient (Wildman–Crippen LogP) is 3.85. The van der Waals surface area contributed by atoms with E-state index in [2.05, 4.69) is 0 Å². The summed E-state index contributed by atoms with van der Waals surface area (Å²) >= 11 is 0. The highest BCUT2D eigenvalue weighted by atomic mass is 16.3. The van der Waals surface area contributed by atoms with Crippen LogP contribution in [-0.4, -0.2) is 15.5 Å². The standard InChI is InChI=1S/C21H18N2O2/c1-14(2)22-18-13-16-11-7-4-8-12-17(16)23(18)19(21(22)25)20(24)15-9-5-3-6-10-15/h3-14H,1-2H3/p+1. The number of imidazole rings is 1. The summed E-state index contributed by atoms with van der Waals surface area (Å²) in [5.41, 5.74) is 3.59. The lowest BCUT2D eigenvalue weighted by atomic mass is 10.1. The van der Waals surface area contributed by atoms with Gasteiger partial charge in [-0.05, 0) is 19.9 Å². The molecule has 0 bridgehead atoms. The molecule has 124 valence electrons. The van der Waals surface area contributed by atoms with Gasteiger partial charge >= 0.3 is 5.88 Å². The van der Waals surface area contributed by atoms with Crippen molar-refractivity contribution in [3.8, 4) is 17.1 Å². The normalized spacial score (nSPS) is 11.5. The van der Waals surface area contributed by atoms with Crippen molar-refractivity contribution in [1.29, 1.82) is 0 Å². The first kappa shape index (κ1) is 15.4. The van der Waals surface area contributed by atoms with Crippen LogP contribution >= 0.6 is 0 Å². The van der Waals surface area contributed by atoms with E-state index >= 15 is 0 Å².